The van der Waals surface area contributed by atoms with Crippen LogP contribution in [0.4, 0.5) is 5.69 Å². The number of hydrogen-bond donors (Lipinski definition) is 2. The van der Waals surface area contributed by atoms with Gasteiger partial charge in [0, 0.05) is 12.1 Å². The molecule has 1 aromatic rings. The summed E-state index contributed by atoms with van der Waals surface area (Å²) in [7, 11) is 0. The van der Waals surface area contributed by atoms with E-state index in [-0.39, 0.29) is 0 Å². The first-order chi connectivity index (χ1) is 5.36. The van der Waals surface area contributed by atoms with Gasteiger partial charge in [0.05, 0.1) is 0 Å². The Bertz CT molecular complexity index is 259. The number of hydrogen-bond acceptors (Lipinski definition) is 2. The number of nitrogens with one attached hydrogen (secondary N) is 1. The minimum Gasteiger partial charge on any atom is -0.367 e. The van der Waals surface area contributed by atoms with Gasteiger partial charge in [0.15, 0.2) is 6.23 Å². The maximum Gasteiger partial charge on any atom is 0.184 e. The zero-order chi connectivity index (χ0) is 7.68. The zero-order valence-electron chi connectivity index (χ0n) is 6.17. The van der Waals surface area contributed by atoms with Crippen LogP contribution in [0.25, 0.3) is 0 Å². The molecule has 0 aliphatic carbocycles. The SMILES string of the molecule is O[C]1CCc2ccccc2N1. The second-order valence-corrected chi connectivity index (χ2v) is 2.73. The third kappa shape index (κ3) is 1.21. The summed E-state index contributed by atoms with van der Waals surface area (Å²) >= 11 is 0. The molecule has 0 spiro atoms. The molecule has 0 unspecified atom stereocenters. The smallest absolute Gasteiger partial charge is 0.184 e. The van der Waals surface area contributed by atoms with Crippen molar-refractivity contribution in [2.24, 2.45) is 0 Å². The first-order valence-electron chi connectivity index (χ1n) is 3.76. The molecule has 1 aromatic carbocycles. The van der Waals surface area contributed by atoms with Crippen molar-refractivity contribution in [2.75, 3.05) is 5.32 Å². The molecule has 1 aliphatic rings. The van der Waals surface area contributed by atoms with E-state index in [2.05, 4.69) is 11.4 Å². The van der Waals surface area contributed by atoms with Crippen molar-refractivity contribution in [3.05, 3.63) is 36.1 Å². The fourth-order valence-electron chi connectivity index (χ4n) is 1.33. The summed E-state index contributed by atoms with van der Waals surface area (Å²) < 4.78 is 0. The Labute approximate surface area is 65.9 Å². The topological polar surface area (TPSA) is 32.3 Å². The Morgan fingerprint density at radius 1 is 1.18 bits per heavy atom. The van der Waals surface area contributed by atoms with Crippen LogP contribution in [0.5, 0.6) is 0 Å². The van der Waals surface area contributed by atoms with E-state index in [1.165, 1.54) is 5.56 Å². The Morgan fingerprint density at radius 3 is 2.91 bits per heavy atom. The van der Waals surface area contributed by atoms with Gasteiger partial charge in [-0.25, -0.2) is 0 Å². The van der Waals surface area contributed by atoms with Crippen molar-refractivity contribution in [3.63, 3.8) is 0 Å². The van der Waals surface area contributed by atoms with Gasteiger partial charge in [-0.05, 0) is 18.1 Å². The lowest BCUT2D eigenvalue weighted by molar-refractivity contribution is 0.299. The standard InChI is InChI=1S/C9H10NO/c11-9-6-5-7-3-1-2-4-8(7)10-9/h1-4,10-11H,5-6H2. The molecule has 1 heterocycles. The summed E-state index contributed by atoms with van der Waals surface area (Å²) in [5, 5.41) is 12.1. The van der Waals surface area contributed by atoms with Crippen LogP contribution >= 0.6 is 0 Å². The highest BCUT2D eigenvalue weighted by molar-refractivity contribution is 5.55. The first kappa shape index (κ1) is 6.68. The number of aliphatic hydroxyl groups is 1. The van der Waals surface area contributed by atoms with Crippen LogP contribution < -0.4 is 5.32 Å². The van der Waals surface area contributed by atoms with Crippen LogP contribution in [0, 0.1) is 6.23 Å². The zero-order valence-corrected chi connectivity index (χ0v) is 6.17. The molecule has 1 radical (unpaired) electrons. The summed E-state index contributed by atoms with van der Waals surface area (Å²) in [6.45, 7) is 0. The number of fused-ring (bicyclic) bond motifs is 1. The van der Waals surface area contributed by atoms with Gasteiger partial charge in [-0.15, -0.1) is 0 Å². The van der Waals surface area contributed by atoms with Crippen LogP contribution in [0.2, 0.25) is 0 Å². The lowest BCUT2D eigenvalue weighted by Gasteiger charge is -2.21. The van der Waals surface area contributed by atoms with Crippen molar-refractivity contribution in [1.82, 2.24) is 0 Å². The summed E-state index contributed by atoms with van der Waals surface area (Å²) in [4.78, 5) is 0. The minimum absolute atomic E-state index is 0.378. The van der Waals surface area contributed by atoms with Crippen molar-refractivity contribution in [2.45, 2.75) is 12.8 Å². The van der Waals surface area contributed by atoms with Gasteiger partial charge in [0.1, 0.15) is 0 Å². The van der Waals surface area contributed by atoms with E-state index in [9.17, 15) is 0 Å². The van der Waals surface area contributed by atoms with E-state index in [4.69, 9.17) is 5.11 Å². The Morgan fingerprint density at radius 2 is 2.00 bits per heavy atom. The third-order valence-electron chi connectivity index (χ3n) is 1.93. The van der Waals surface area contributed by atoms with E-state index < -0.39 is 0 Å². The molecule has 0 fully saturated rings. The number of aryl methyl sites for hydroxylation is 1. The van der Waals surface area contributed by atoms with Gasteiger partial charge in [-0.3, -0.25) is 0 Å². The molecule has 57 valence electrons. The summed E-state index contributed by atoms with van der Waals surface area (Å²) in [6.07, 6.45) is 2.05. The maximum atomic E-state index is 9.16. The Balaban J connectivity index is 2.34. The van der Waals surface area contributed by atoms with Gasteiger partial charge in [-0.2, -0.15) is 0 Å². The van der Waals surface area contributed by atoms with Crippen LogP contribution in [-0.4, -0.2) is 5.11 Å². The highest BCUT2D eigenvalue weighted by Crippen LogP contribution is 2.25. The van der Waals surface area contributed by atoms with E-state index in [1.54, 1.807) is 0 Å². The maximum absolute atomic E-state index is 9.16. The molecule has 0 atom stereocenters. The van der Waals surface area contributed by atoms with Gasteiger partial charge >= 0.3 is 0 Å². The molecule has 0 aromatic heterocycles. The molecule has 11 heavy (non-hydrogen) atoms. The lowest BCUT2D eigenvalue weighted by atomic mass is 10.0. The van der Waals surface area contributed by atoms with Crippen molar-refractivity contribution in [3.8, 4) is 0 Å². The minimum atomic E-state index is 0.378. The molecule has 2 nitrogen and oxygen atoms in total. The predicted octanol–water partition coefficient (Wildman–Crippen LogP) is 1.91. The van der Waals surface area contributed by atoms with E-state index in [0.29, 0.717) is 6.23 Å². The highest BCUT2D eigenvalue weighted by atomic mass is 16.3. The van der Waals surface area contributed by atoms with Crippen molar-refractivity contribution < 1.29 is 5.11 Å². The van der Waals surface area contributed by atoms with Crippen LogP contribution in [-0.2, 0) is 6.42 Å². The quantitative estimate of drug-likeness (QED) is 0.589. The van der Waals surface area contributed by atoms with E-state index >= 15 is 0 Å². The van der Waals surface area contributed by atoms with Crippen molar-refractivity contribution in [1.29, 1.82) is 0 Å². The second-order valence-electron chi connectivity index (χ2n) is 2.73. The lowest BCUT2D eigenvalue weighted by Crippen LogP contribution is -2.16. The van der Waals surface area contributed by atoms with Gasteiger partial charge < -0.3 is 10.4 Å². The molecule has 1 aliphatic heterocycles. The molecular formula is C9H10NO. The van der Waals surface area contributed by atoms with E-state index in [1.807, 2.05) is 18.2 Å². The molecule has 0 saturated carbocycles. The van der Waals surface area contributed by atoms with Gasteiger partial charge in [0.25, 0.3) is 0 Å². The predicted molar refractivity (Wildman–Crippen MR) is 43.6 cm³/mol. The number of benzene rings is 1. The summed E-state index contributed by atoms with van der Waals surface area (Å²) in [5.41, 5.74) is 2.32. The number of para-hydroxylation sites is 1. The van der Waals surface area contributed by atoms with Gasteiger partial charge in [-0.1, -0.05) is 18.2 Å². The normalized spacial score (nSPS) is 17.2. The highest BCUT2D eigenvalue weighted by Gasteiger charge is 2.14. The fraction of sp³-hybridized carbons (Fsp3) is 0.222. The first-order valence-corrected chi connectivity index (χ1v) is 3.76. The average Bonchev–Trinajstić information content (AvgIpc) is 2.04. The Hall–Kier alpha value is -1.02. The fourth-order valence-corrected chi connectivity index (χ4v) is 1.33. The van der Waals surface area contributed by atoms with Crippen LogP contribution in [0.3, 0.4) is 0 Å². The molecule has 2 rings (SSSR count). The summed E-state index contributed by atoms with van der Waals surface area (Å²) in [5.74, 6) is 0. The molecule has 2 heteroatoms. The van der Waals surface area contributed by atoms with Crippen LogP contribution in [0.1, 0.15) is 12.0 Å². The molecular weight excluding hydrogens is 138 g/mol. The average molecular weight is 148 g/mol. The largest absolute Gasteiger partial charge is 0.367 e. The van der Waals surface area contributed by atoms with E-state index in [0.717, 1.165) is 18.5 Å². The molecule has 0 saturated heterocycles. The van der Waals surface area contributed by atoms with Crippen molar-refractivity contribution >= 4 is 5.69 Å². The Kier molecular flexibility index (Phi) is 1.55. The summed E-state index contributed by atoms with van der Waals surface area (Å²) in [6, 6.07) is 8.03. The second kappa shape index (κ2) is 2.55. The molecule has 0 amide bonds. The number of aliphatic hydroxyl groups excluding tert-OH is 1. The number of anilines is 1. The monoisotopic (exact) mass is 148 g/mol. The number of rotatable bonds is 0. The molecule has 2 N–H and O–H groups in total. The molecule has 0 bridgehead atoms. The van der Waals surface area contributed by atoms with Gasteiger partial charge in [0.2, 0.25) is 0 Å². The van der Waals surface area contributed by atoms with Crippen LogP contribution in [0.15, 0.2) is 24.3 Å². The third-order valence-corrected chi connectivity index (χ3v) is 1.93.